The number of ether oxygens (including phenoxy) is 5. The Morgan fingerprint density at radius 2 is 1.39 bits per heavy atom. The van der Waals surface area contributed by atoms with Crippen molar-refractivity contribution in [2.24, 2.45) is 0 Å². The third-order valence-electron chi connectivity index (χ3n) is 5.72. The molecule has 38 heavy (non-hydrogen) atoms. The highest BCUT2D eigenvalue weighted by Gasteiger charge is 2.52. The minimum atomic E-state index is -1.27. The van der Waals surface area contributed by atoms with Crippen molar-refractivity contribution in [3.05, 3.63) is 64.2 Å². The molecule has 0 radical (unpaired) electrons. The Kier molecular flexibility index (Phi) is 9.71. The zero-order valence-corrected chi connectivity index (χ0v) is 22.1. The van der Waals surface area contributed by atoms with E-state index in [4.69, 9.17) is 35.3 Å². The van der Waals surface area contributed by atoms with E-state index >= 15 is 0 Å². The normalized spacial score (nSPS) is 22.7. The summed E-state index contributed by atoms with van der Waals surface area (Å²) in [4.78, 5) is 47.6. The first-order valence-electron chi connectivity index (χ1n) is 11.8. The summed E-state index contributed by atoms with van der Waals surface area (Å²) in [5.74, 6) is -2.56. The highest BCUT2D eigenvalue weighted by Crippen LogP contribution is 2.39. The number of phenols is 1. The monoisotopic (exact) mass is 548 g/mol. The first-order valence-corrected chi connectivity index (χ1v) is 12.2. The molecule has 3 rings (SSSR count). The van der Waals surface area contributed by atoms with E-state index in [1.807, 2.05) is 0 Å². The van der Waals surface area contributed by atoms with Crippen LogP contribution in [-0.4, -0.2) is 60.0 Å². The maximum Gasteiger partial charge on any atom is 0.303 e. The molecule has 2 aromatic rings. The van der Waals surface area contributed by atoms with Gasteiger partial charge in [0.1, 0.15) is 24.6 Å². The third kappa shape index (κ3) is 7.69. The van der Waals surface area contributed by atoms with Gasteiger partial charge in [-0.2, -0.15) is 0 Å². The van der Waals surface area contributed by atoms with E-state index in [-0.39, 0.29) is 12.4 Å². The molecule has 1 N–H and O–H groups in total. The van der Waals surface area contributed by atoms with Crippen LogP contribution in [0, 0.1) is 0 Å². The van der Waals surface area contributed by atoms with Gasteiger partial charge in [0.15, 0.2) is 18.3 Å². The van der Waals surface area contributed by atoms with Crippen molar-refractivity contribution in [2.75, 3.05) is 6.61 Å². The minimum absolute atomic E-state index is 0.131. The Bertz CT molecular complexity index is 1180. The molecular formula is C27H29ClO10. The average Bonchev–Trinajstić information content (AvgIpc) is 2.82. The first-order chi connectivity index (χ1) is 17.9. The van der Waals surface area contributed by atoms with Crippen molar-refractivity contribution in [1.82, 2.24) is 0 Å². The lowest BCUT2D eigenvalue weighted by Crippen LogP contribution is -2.59. The van der Waals surface area contributed by atoms with Crippen LogP contribution in [0.4, 0.5) is 0 Å². The smallest absolute Gasteiger partial charge is 0.303 e. The second-order valence-corrected chi connectivity index (χ2v) is 9.22. The van der Waals surface area contributed by atoms with Gasteiger partial charge in [-0.3, -0.25) is 19.2 Å². The Balaban J connectivity index is 2.06. The molecule has 0 spiro atoms. The van der Waals surface area contributed by atoms with Crippen LogP contribution in [-0.2, 0) is 49.3 Å². The molecule has 5 unspecified atom stereocenters. The molecule has 204 valence electrons. The number of aromatic hydroxyl groups is 1. The summed E-state index contributed by atoms with van der Waals surface area (Å²) in [5, 5.41) is 10.0. The van der Waals surface area contributed by atoms with Crippen molar-refractivity contribution in [3.8, 4) is 5.75 Å². The Morgan fingerprint density at radius 1 is 0.816 bits per heavy atom. The van der Waals surface area contributed by atoms with E-state index in [1.54, 1.807) is 42.5 Å². The van der Waals surface area contributed by atoms with Gasteiger partial charge < -0.3 is 28.8 Å². The van der Waals surface area contributed by atoms with Crippen LogP contribution in [0.3, 0.4) is 0 Å². The second kappa shape index (κ2) is 12.7. The van der Waals surface area contributed by atoms with Crippen LogP contribution >= 0.6 is 11.6 Å². The molecule has 1 aliphatic rings. The summed E-state index contributed by atoms with van der Waals surface area (Å²) in [6.45, 7) is 4.41. The van der Waals surface area contributed by atoms with Gasteiger partial charge in [-0.25, -0.2) is 0 Å². The molecule has 1 heterocycles. The topological polar surface area (TPSA) is 135 Å². The van der Waals surface area contributed by atoms with Crippen LogP contribution in [0.25, 0.3) is 0 Å². The van der Waals surface area contributed by atoms with Crippen molar-refractivity contribution in [1.29, 1.82) is 0 Å². The largest absolute Gasteiger partial charge is 0.508 e. The van der Waals surface area contributed by atoms with Gasteiger partial charge in [0.05, 0.1) is 0 Å². The average molecular weight is 549 g/mol. The quantitative estimate of drug-likeness (QED) is 0.386. The summed E-state index contributed by atoms with van der Waals surface area (Å²) in [5.41, 5.74) is 2.12. The molecule has 10 nitrogen and oxygen atoms in total. The number of carbonyl (C=O) groups excluding carboxylic acids is 4. The number of hydrogen-bond acceptors (Lipinski definition) is 10. The molecule has 2 aromatic carbocycles. The zero-order chi connectivity index (χ0) is 28.0. The van der Waals surface area contributed by atoms with E-state index in [9.17, 15) is 24.3 Å². The minimum Gasteiger partial charge on any atom is -0.508 e. The Hall–Kier alpha value is -3.63. The summed E-state index contributed by atoms with van der Waals surface area (Å²) in [7, 11) is 0. The van der Waals surface area contributed by atoms with E-state index < -0.39 is 54.4 Å². The first kappa shape index (κ1) is 28.9. The molecule has 0 aromatic heterocycles. The predicted octanol–water partition coefficient (Wildman–Crippen LogP) is 3.43. The molecular weight excluding hydrogens is 520 g/mol. The SMILES string of the molecule is CC(=O)OCC1OC(c2ccc(Cl)c(Cc3ccc(O)cc3)c2)C(OC(C)=O)C(OC(C)=O)C1OC(C)=O. The van der Waals surface area contributed by atoms with E-state index in [2.05, 4.69) is 0 Å². The summed E-state index contributed by atoms with van der Waals surface area (Å²) < 4.78 is 27.8. The van der Waals surface area contributed by atoms with Crippen molar-refractivity contribution in [2.45, 2.75) is 64.6 Å². The number of phenolic OH excluding ortho intramolecular Hbond substituents is 1. The van der Waals surface area contributed by atoms with Crippen LogP contribution < -0.4 is 0 Å². The fraction of sp³-hybridized carbons (Fsp3) is 0.407. The lowest BCUT2D eigenvalue weighted by molar-refractivity contribution is -0.254. The number of rotatable bonds is 8. The summed E-state index contributed by atoms with van der Waals surface area (Å²) >= 11 is 6.47. The molecule has 11 heteroatoms. The predicted molar refractivity (Wildman–Crippen MR) is 133 cm³/mol. The van der Waals surface area contributed by atoms with Crippen LogP contribution in [0.1, 0.15) is 50.5 Å². The fourth-order valence-corrected chi connectivity index (χ4v) is 4.42. The zero-order valence-electron chi connectivity index (χ0n) is 21.3. The third-order valence-corrected chi connectivity index (χ3v) is 6.09. The number of benzene rings is 2. The Labute approximate surface area is 224 Å². The highest BCUT2D eigenvalue weighted by atomic mass is 35.5. The molecule has 0 bridgehead atoms. The second-order valence-electron chi connectivity index (χ2n) is 8.81. The van der Waals surface area contributed by atoms with Gasteiger partial charge in [-0.05, 0) is 41.3 Å². The van der Waals surface area contributed by atoms with Gasteiger partial charge in [0.2, 0.25) is 0 Å². The van der Waals surface area contributed by atoms with E-state index in [0.29, 0.717) is 22.6 Å². The lowest BCUT2D eigenvalue weighted by Gasteiger charge is -2.44. The standard InChI is InChI=1S/C27H29ClO10/c1-14(29)34-13-23-25(35-15(2)30)27(37-17(4)32)26(36-16(3)31)24(38-23)19-7-10-22(28)20(12-19)11-18-5-8-21(33)9-6-18/h5-10,12,23-27,33H,11,13H2,1-4H3. The van der Waals surface area contributed by atoms with Crippen LogP contribution in [0.5, 0.6) is 5.75 Å². The number of hydrogen-bond donors (Lipinski definition) is 1. The van der Waals surface area contributed by atoms with E-state index in [1.165, 1.54) is 20.8 Å². The van der Waals surface area contributed by atoms with Gasteiger partial charge >= 0.3 is 23.9 Å². The van der Waals surface area contributed by atoms with Crippen LogP contribution in [0.2, 0.25) is 5.02 Å². The number of halogens is 1. The van der Waals surface area contributed by atoms with Gasteiger partial charge in [0.25, 0.3) is 0 Å². The Morgan fingerprint density at radius 3 is 1.97 bits per heavy atom. The summed E-state index contributed by atoms with van der Waals surface area (Å²) in [6.07, 6.45) is -5.36. The molecule has 1 fully saturated rings. The molecule has 5 atom stereocenters. The lowest BCUT2D eigenvalue weighted by atomic mass is 9.89. The molecule has 1 saturated heterocycles. The fourth-order valence-electron chi connectivity index (χ4n) is 4.24. The van der Waals surface area contributed by atoms with Crippen molar-refractivity contribution in [3.63, 3.8) is 0 Å². The van der Waals surface area contributed by atoms with E-state index in [0.717, 1.165) is 12.5 Å². The van der Waals surface area contributed by atoms with Crippen molar-refractivity contribution < 1.29 is 48.0 Å². The summed E-state index contributed by atoms with van der Waals surface area (Å²) in [6, 6.07) is 11.7. The number of esters is 4. The molecule has 0 aliphatic carbocycles. The van der Waals surface area contributed by atoms with Crippen molar-refractivity contribution >= 4 is 35.5 Å². The molecule has 0 saturated carbocycles. The highest BCUT2D eigenvalue weighted by molar-refractivity contribution is 6.31. The van der Waals surface area contributed by atoms with Gasteiger partial charge in [0, 0.05) is 32.7 Å². The molecule has 0 amide bonds. The maximum absolute atomic E-state index is 12.1. The van der Waals surface area contributed by atoms with Gasteiger partial charge in [-0.1, -0.05) is 35.9 Å². The number of carbonyl (C=O) groups is 4. The van der Waals surface area contributed by atoms with Crippen LogP contribution in [0.15, 0.2) is 42.5 Å². The molecule has 1 aliphatic heterocycles. The maximum atomic E-state index is 12.1. The van der Waals surface area contributed by atoms with Gasteiger partial charge in [-0.15, -0.1) is 0 Å².